The summed E-state index contributed by atoms with van der Waals surface area (Å²) in [5.74, 6) is -0.333. The average Bonchev–Trinajstić information content (AvgIpc) is 2.64. The number of hydrogen-bond donors (Lipinski definition) is 2. The molecule has 2 N–H and O–H groups in total. The van der Waals surface area contributed by atoms with Crippen LogP contribution in [0.1, 0.15) is 21.7 Å². The Kier molecular flexibility index (Phi) is 4.63. The quantitative estimate of drug-likeness (QED) is 0.774. The van der Waals surface area contributed by atoms with Crippen molar-refractivity contribution >= 4 is 11.6 Å². The van der Waals surface area contributed by atoms with E-state index in [1.54, 1.807) is 12.1 Å². The Balaban J connectivity index is 1.86. The third-order valence-electron chi connectivity index (χ3n) is 3.78. The highest BCUT2D eigenvalue weighted by Crippen LogP contribution is 2.28. The summed E-state index contributed by atoms with van der Waals surface area (Å²) >= 11 is 0. The van der Waals surface area contributed by atoms with Crippen molar-refractivity contribution in [1.82, 2.24) is 10.2 Å². The smallest absolute Gasteiger partial charge is 0.276 e. The van der Waals surface area contributed by atoms with Crippen LogP contribution in [-0.2, 0) is 6.61 Å². The number of benzene rings is 2. The van der Waals surface area contributed by atoms with Gasteiger partial charge in [-0.2, -0.15) is 5.10 Å². The van der Waals surface area contributed by atoms with Gasteiger partial charge in [0.15, 0.2) is 5.69 Å². The standard InChI is InChI=1S/C19H17N3O2/c1-13-16(14-6-3-2-4-7-14)8-5-9-17(13)20-19(24)18-11-10-15(12-23)21-22-18/h2-11,23H,12H2,1H3,(H,20,24). The summed E-state index contributed by atoms with van der Waals surface area (Å²) in [6.07, 6.45) is 0. The van der Waals surface area contributed by atoms with Gasteiger partial charge in [0, 0.05) is 5.69 Å². The topological polar surface area (TPSA) is 75.1 Å². The lowest BCUT2D eigenvalue weighted by atomic mass is 9.99. The fourth-order valence-electron chi connectivity index (χ4n) is 2.45. The first-order valence-corrected chi connectivity index (χ1v) is 7.59. The normalized spacial score (nSPS) is 10.4. The zero-order valence-corrected chi connectivity index (χ0v) is 13.2. The van der Waals surface area contributed by atoms with Crippen LogP contribution in [0.5, 0.6) is 0 Å². The number of nitrogens with one attached hydrogen (secondary N) is 1. The lowest BCUT2D eigenvalue weighted by molar-refractivity contribution is 0.102. The Morgan fingerprint density at radius 2 is 1.79 bits per heavy atom. The second-order valence-corrected chi connectivity index (χ2v) is 5.37. The van der Waals surface area contributed by atoms with Gasteiger partial charge in [-0.1, -0.05) is 42.5 Å². The van der Waals surface area contributed by atoms with E-state index in [1.165, 1.54) is 0 Å². The molecule has 1 heterocycles. The second kappa shape index (κ2) is 7.02. The van der Waals surface area contributed by atoms with Crippen LogP contribution in [0.3, 0.4) is 0 Å². The molecule has 1 aromatic heterocycles. The summed E-state index contributed by atoms with van der Waals surface area (Å²) in [7, 11) is 0. The van der Waals surface area contributed by atoms with E-state index < -0.39 is 0 Å². The molecule has 5 nitrogen and oxygen atoms in total. The summed E-state index contributed by atoms with van der Waals surface area (Å²) < 4.78 is 0. The number of rotatable bonds is 4. The number of nitrogens with zero attached hydrogens (tertiary/aromatic N) is 2. The van der Waals surface area contributed by atoms with Crippen molar-refractivity contribution in [3.8, 4) is 11.1 Å². The number of aliphatic hydroxyl groups is 1. The van der Waals surface area contributed by atoms with Gasteiger partial charge in [0.05, 0.1) is 12.3 Å². The minimum atomic E-state index is -0.333. The van der Waals surface area contributed by atoms with Crippen LogP contribution in [0.2, 0.25) is 0 Å². The maximum atomic E-state index is 12.3. The molecule has 0 atom stereocenters. The van der Waals surface area contributed by atoms with Crippen molar-refractivity contribution in [3.05, 3.63) is 77.6 Å². The molecule has 0 aliphatic carbocycles. The maximum Gasteiger partial charge on any atom is 0.276 e. The van der Waals surface area contributed by atoms with Gasteiger partial charge < -0.3 is 10.4 Å². The molecule has 0 aliphatic heterocycles. The highest BCUT2D eigenvalue weighted by molar-refractivity contribution is 6.03. The first kappa shape index (κ1) is 15.8. The molecule has 2 aromatic carbocycles. The summed E-state index contributed by atoms with van der Waals surface area (Å²) in [5, 5.41) is 19.5. The molecule has 0 spiro atoms. The first-order valence-electron chi connectivity index (χ1n) is 7.59. The number of hydrogen-bond acceptors (Lipinski definition) is 4. The van der Waals surface area contributed by atoms with Crippen molar-refractivity contribution < 1.29 is 9.90 Å². The van der Waals surface area contributed by atoms with Crippen LogP contribution in [0.25, 0.3) is 11.1 Å². The SMILES string of the molecule is Cc1c(NC(=O)c2ccc(CO)nn2)cccc1-c1ccccc1. The predicted molar refractivity (Wildman–Crippen MR) is 92.5 cm³/mol. The molecular weight excluding hydrogens is 302 g/mol. The number of anilines is 1. The number of aliphatic hydroxyl groups excluding tert-OH is 1. The van der Waals surface area contributed by atoms with E-state index in [9.17, 15) is 4.79 Å². The summed E-state index contributed by atoms with van der Waals surface area (Å²) in [6.45, 7) is 1.77. The summed E-state index contributed by atoms with van der Waals surface area (Å²) in [6, 6.07) is 18.9. The van der Waals surface area contributed by atoms with Crippen LogP contribution in [0.4, 0.5) is 5.69 Å². The molecule has 5 heteroatoms. The molecule has 0 fully saturated rings. The van der Waals surface area contributed by atoms with E-state index >= 15 is 0 Å². The molecule has 120 valence electrons. The number of carbonyl (C=O) groups excluding carboxylic acids is 1. The largest absolute Gasteiger partial charge is 0.390 e. The van der Waals surface area contributed by atoms with Crippen molar-refractivity contribution in [2.45, 2.75) is 13.5 Å². The molecule has 1 amide bonds. The molecule has 0 unspecified atom stereocenters. The van der Waals surface area contributed by atoms with Gasteiger partial charge in [0.25, 0.3) is 5.91 Å². The van der Waals surface area contributed by atoms with Gasteiger partial charge in [-0.25, -0.2) is 0 Å². The highest BCUT2D eigenvalue weighted by atomic mass is 16.3. The summed E-state index contributed by atoms with van der Waals surface area (Å²) in [4.78, 5) is 12.3. The van der Waals surface area contributed by atoms with Crippen LogP contribution in [-0.4, -0.2) is 21.2 Å². The molecule has 24 heavy (non-hydrogen) atoms. The third-order valence-corrected chi connectivity index (χ3v) is 3.78. The molecule has 3 rings (SSSR count). The van der Waals surface area contributed by atoms with E-state index in [4.69, 9.17) is 5.11 Å². The van der Waals surface area contributed by atoms with Crippen LogP contribution in [0, 0.1) is 6.92 Å². The number of carbonyl (C=O) groups is 1. The van der Waals surface area contributed by atoms with Crippen LogP contribution >= 0.6 is 0 Å². The summed E-state index contributed by atoms with van der Waals surface area (Å²) in [5.41, 5.74) is 4.50. The average molecular weight is 319 g/mol. The monoisotopic (exact) mass is 319 g/mol. The Bertz CT molecular complexity index is 846. The fourth-order valence-corrected chi connectivity index (χ4v) is 2.45. The lowest BCUT2D eigenvalue weighted by Gasteiger charge is -2.12. The van der Waals surface area contributed by atoms with Crippen molar-refractivity contribution in [2.75, 3.05) is 5.32 Å². The molecule has 0 bridgehead atoms. The van der Waals surface area contributed by atoms with Gasteiger partial charge in [0.1, 0.15) is 0 Å². The van der Waals surface area contributed by atoms with E-state index in [-0.39, 0.29) is 18.2 Å². The van der Waals surface area contributed by atoms with Gasteiger partial charge in [-0.05, 0) is 41.8 Å². The zero-order valence-electron chi connectivity index (χ0n) is 13.2. The third kappa shape index (κ3) is 3.31. The Labute approximate surface area is 140 Å². The molecule has 0 saturated heterocycles. The second-order valence-electron chi connectivity index (χ2n) is 5.37. The van der Waals surface area contributed by atoms with Gasteiger partial charge >= 0.3 is 0 Å². The van der Waals surface area contributed by atoms with E-state index in [2.05, 4.69) is 15.5 Å². The van der Waals surface area contributed by atoms with Crippen molar-refractivity contribution in [1.29, 1.82) is 0 Å². The fraction of sp³-hybridized carbons (Fsp3) is 0.105. The minimum absolute atomic E-state index is 0.201. The molecule has 0 radical (unpaired) electrons. The molecule has 0 aliphatic rings. The molecule has 3 aromatic rings. The van der Waals surface area contributed by atoms with E-state index in [0.717, 1.165) is 22.4 Å². The zero-order chi connectivity index (χ0) is 16.9. The number of aromatic nitrogens is 2. The van der Waals surface area contributed by atoms with E-state index in [1.807, 2.05) is 55.5 Å². The van der Waals surface area contributed by atoms with Crippen molar-refractivity contribution in [2.24, 2.45) is 0 Å². The lowest BCUT2D eigenvalue weighted by Crippen LogP contribution is -2.15. The molecule has 0 saturated carbocycles. The van der Waals surface area contributed by atoms with Gasteiger partial charge in [-0.3, -0.25) is 4.79 Å². The van der Waals surface area contributed by atoms with Gasteiger partial charge in [-0.15, -0.1) is 5.10 Å². The maximum absolute atomic E-state index is 12.3. The first-order chi connectivity index (χ1) is 11.7. The minimum Gasteiger partial charge on any atom is -0.390 e. The Morgan fingerprint density at radius 3 is 2.46 bits per heavy atom. The van der Waals surface area contributed by atoms with Crippen LogP contribution in [0.15, 0.2) is 60.7 Å². The predicted octanol–water partition coefficient (Wildman–Crippen LogP) is 3.20. The van der Waals surface area contributed by atoms with Crippen molar-refractivity contribution in [3.63, 3.8) is 0 Å². The molecular formula is C19H17N3O2. The Hall–Kier alpha value is -3.05. The number of amides is 1. The Morgan fingerprint density at radius 1 is 1.00 bits per heavy atom. The van der Waals surface area contributed by atoms with E-state index in [0.29, 0.717) is 5.69 Å². The highest BCUT2D eigenvalue weighted by Gasteiger charge is 2.12. The van der Waals surface area contributed by atoms with Gasteiger partial charge in [0.2, 0.25) is 0 Å². The van der Waals surface area contributed by atoms with Crippen LogP contribution < -0.4 is 5.32 Å².